The summed E-state index contributed by atoms with van der Waals surface area (Å²) >= 11 is 0. The van der Waals surface area contributed by atoms with Crippen LogP contribution in [0.3, 0.4) is 0 Å². The lowest BCUT2D eigenvalue weighted by atomic mass is 10.0. The molecule has 0 saturated heterocycles. The monoisotopic (exact) mass is 350 g/mol. The van der Waals surface area contributed by atoms with Gasteiger partial charge in [0.25, 0.3) is 0 Å². The zero-order chi connectivity index (χ0) is 17.4. The van der Waals surface area contributed by atoms with Gasteiger partial charge in [0.05, 0.1) is 19.8 Å². The first-order valence-corrected chi connectivity index (χ1v) is 11.0. The van der Waals surface area contributed by atoms with E-state index in [1.807, 2.05) is 0 Å². The van der Waals surface area contributed by atoms with Gasteiger partial charge in [-0.1, -0.05) is 72.6 Å². The van der Waals surface area contributed by atoms with E-state index in [-0.39, 0.29) is 0 Å². The number of hydrogen-bond acceptors (Lipinski definition) is 4. The van der Waals surface area contributed by atoms with Gasteiger partial charge in [-0.3, -0.25) is 13.6 Å². The van der Waals surface area contributed by atoms with E-state index in [1.165, 1.54) is 25.7 Å². The molecule has 0 amide bonds. The third kappa shape index (κ3) is 15.4. The molecule has 5 heteroatoms. The zero-order valence-electron chi connectivity index (χ0n) is 15.8. The molecule has 0 aromatic rings. The Kier molecular flexibility index (Phi) is 15.7. The molecule has 0 aromatic carbocycles. The Morgan fingerprint density at radius 2 is 1.13 bits per heavy atom. The van der Waals surface area contributed by atoms with E-state index >= 15 is 0 Å². The molecule has 0 aliphatic carbocycles. The highest BCUT2D eigenvalue weighted by Gasteiger charge is 2.25. The molecule has 0 unspecified atom stereocenters. The fourth-order valence-electron chi connectivity index (χ4n) is 2.11. The fourth-order valence-corrected chi connectivity index (χ4v) is 3.40. The van der Waals surface area contributed by atoms with Crippen LogP contribution < -0.4 is 0 Å². The number of phosphoric ester groups is 1. The minimum atomic E-state index is -3.35. The Labute approximate surface area is 144 Å². The van der Waals surface area contributed by atoms with Crippen molar-refractivity contribution in [1.82, 2.24) is 0 Å². The summed E-state index contributed by atoms with van der Waals surface area (Å²) in [6.45, 7) is 10.0. The van der Waals surface area contributed by atoms with E-state index < -0.39 is 7.82 Å². The van der Waals surface area contributed by atoms with Crippen molar-refractivity contribution < 1.29 is 18.1 Å². The van der Waals surface area contributed by atoms with Gasteiger partial charge >= 0.3 is 7.82 Å². The van der Waals surface area contributed by atoms with Crippen molar-refractivity contribution in [3.63, 3.8) is 0 Å². The summed E-state index contributed by atoms with van der Waals surface area (Å²) in [7, 11) is -3.35. The maximum absolute atomic E-state index is 12.5. The summed E-state index contributed by atoms with van der Waals surface area (Å²) in [5, 5.41) is 0. The molecule has 0 saturated carbocycles. The van der Waals surface area contributed by atoms with Crippen LogP contribution in [-0.4, -0.2) is 19.8 Å². The molecule has 0 aromatic heterocycles. The van der Waals surface area contributed by atoms with Crippen molar-refractivity contribution >= 4 is 7.82 Å². The molecule has 23 heavy (non-hydrogen) atoms. The molecule has 0 fully saturated rings. The van der Waals surface area contributed by atoms with E-state index in [0.29, 0.717) is 19.8 Å². The molecule has 0 atom stereocenters. The van der Waals surface area contributed by atoms with Gasteiger partial charge in [-0.2, -0.15) is 0 Å². The lowest BCUT2D eigenvalue weighted by Crippen LogP contribution is -2.04. The average molecular weight is 350 g/mol. The fraction of sp³-hybridized carbons (Fsp3) is 1.00. The van der Waals surface area contributed by atoms with Crippen LogP contribution in [0.15, 0.2) is 0 Å². The minimum absolute atomic E-state index is 0.440. The van der Waals surface area contributed by atoms with Gasteiger partial charge in [0.2, 0.25) is 0 Å². The largest absolute Gasteiger partial charge is 0.474 e. The Hall–Kier alpha value is 0.110. The number of hydrogen-bond donors (Lipinski definition) is 0. The summed E-state index contributed by atoms with van der Waals surface area (Å²) < 4.78 is 28.8. The van der Waals surface area contributed by atoms with Crippen LogP contribution in [0.4, 0.5) is 0 Å². The van der Waals surface area contributed by atoms with Crippen molar-refractivity contribution in [2.45, 2.75) is 91.9 Å². The van der Waals surface area contributed by atoms with Gasteiger partial charge < -0.3 is 0 Å². The van der Waals surface area contributed by atoms with Crippen LogP contribution >= 0.6 is 7.82 Å². The van der Waals surface area contributed by atoms with Gasteiger partial charge in [-0.15, -0.1) is 0 Å². The molecule has 0 bridgehead atoms. The molecule has 0 heterocycles. The molecule has 140 valence electrons. The second-order valence-electron chi connectivity index (χ2n) is 6.60. The highest BCUT2D eigenvalue weighted by atomic mass is 31.2. The predicted molar refractivity (Wildman–Crippen MR) is 97.8 cm³/mol. The highest BCUT2D eigenvalue weighted by Crippen LogP contribution is 2.49. The van der Waals surface area contributed by atoms with Gasteiger partial charge in [0.15, 0.2) is 0 Å². The van der Waals surface area contributed by atoms with Crippen LogP contribution in [-0.2, 0) is 18.1 Å². The van der Waals surface area contributed by atoms with Gasteiger partial charge in [-0.25, -0.2) is 4.57 Å². The Morgan fingerprint density at radius 1 is 0.696 bits per heavy atom. The van der Waals surface area contributed by atoms with Crippen LogP contribution in [0.25, 0.3) is 0 Å². The second-order valence-corrected chi connectivity index (χ2v) is 8.27. The summed E-state index contributed by atoms with van der Waals surface area (Å²) in [6.07, 6.45) is 10.9. The Bertz CT molecular complexity index is 281. The van der Waals surface area contributed by atoms with Crippen LogP contribution in [0.1, 0.15) is 91.9 Å². The molecule has 4 nitrogen and oxygen atoms in total. The smallest absolute Gasteiger partial charge is 0.287 e. The van der Waals surface area contributed by atoms with E-state index in [2.05, 4.69) is 27.7 Å². The maximum Gasteiger partial charge on any atom is 0.474 e. The normalized spacial score (nSPS) is 12.2. The average Bonchev–Trinajstić information content (AvgIpc) is 2.50. The van der Waals surface area contributed by atoms with Gasteiger partial charge in [0.1, 0.15) is 0 Å². The first-order chi connectivity index (χ1) is 11.0. The second kappa shape index (κ2) is 15.6. The predicted octanol–water partition coefficient (Wildman–Crippen LogP) is 6.74. The van der Waals surface area contributed by atoms with E-state index in [4.69, 9.17) is 13.6 Å². The van der Waals surface area contributed by atoms with E-state index in [1.54, 1.807) is 0 Å². The Balaban J connectivity index is 3.83. The molecule has 0 aliphatic rings. The standard InChI is InChI=1S/C18H39O4P/c1-5-7-15-20-23(19,21-16-8-6-2)22-17-13-11-9-10-12-14-18(3)4/h18H,5-17H2,1-4H3. The zero-order valence-corrected chi connectivity index (χ0v) is 16.7. The lowest BCUT2D eigenvalue weighted by molar-refractivity contribution is 0.109. The molecule has 0 rings (SSSR count). The number of rotatable bonds is 17. The molecule has 0 N–H and O–H groups in total. The molecule has 0 aliphatic heterocycles. The van der Waals surface area contributed by atoms with Crippen LogP contribution in [0.2, 0.25) is 0 Å². The van der Waals surface area contributed by atoms with E-state index in [0.717, 1.165) is 44.4 Å². The lowest BCUT2D eigenvalue weighted by Gasteiger charge is -2.18. The van der Waals surface area contributed by atoms with Crippen molar-refractivity contribution in [3.05, 3.63) is 0 Å². The van der Waals surface area contributed by atoms with Crippen molar-refractivity contribution in [2.24, 2.45) is 5.92 Å². The third-order valence-electron chi connectivity index (χ3n) is 3.67. The summed E-state index contributed by atoms with van der Waals surface area (Å²) in [4.78, 5) is 0. The van der Waals surface area contributed by atoms with Crippen molar-refractivity contribution in [1.29, 1.82) is 0 Å². The molecule has 0 radical (unpaired) electrons. The molecular formula is C18H39O4P. The topological polar surface area (TPSA) is 44.8 Å². The van der Waals surface area contributed by atoms with Crippen molar-refractivity contribution in [2.75, 3.05) is 19.8 Å². The summed E-state index contributed by atoms with van der Waals surface area (Å²) in [5.74, 6) is 0.796. The number of phosphoric acid groups is 1. The van der Waals surface area contributed by atoms with Gasteiger partial charge in [-0.05, 0) is 25.2 Å². The summed E-state index contributed by atoms with van der Waals surface area (Å²) in [5.41, 5.74) is 0. The van der Waals surface area contributed by atoms with Crippen molar-refractivity contribution in [3.8, 4) is 0 Å². The quantitative estimate of drug-likeness (QED) is 0.215. The summed E-state index contributed by atoms with van der Waals surface area (Å²) in [6, 6.07) is 0. The van der Waals surface area contributed by atoms with Gasteiger partial charge in [0, 0.05) is 0 Å². The number of unbranched alkanes of at least 4 members (excludes halogenated alkanes) is 6. The highest BCUT2D eigenvalue weighted by molar-refractivity contribution is 7.48. The molecule has 0 spiro atoms. The maximum atomic E-state index is 12.5. The SMILES string of the molecule is CCCCOP(=O)(OCCCC)OCCCCCCCC(C)C. The first-order valence-electron chi connectivity index (χ1n) is 9.57. The Morgan fingerprint density at radius 3 is 1.61 bits per heavy atom. The van der Waals surface area contributed by atoms with Crippen LogP contribution in [0.5, 0.6) is 0 Å². The van der Waals surface area contributed by atoms with Crippen LogP contribution in [0, 0.1) is 5.92 Å². The molecular weight excluding hydrogens is 311 g/mol. The minimum Gasteiger partial charge on any atom is -0.287 e. The first kappa shape index (κ1) is 23.1. The van der Waals surface area contributed by atoms with E-state index in [9.17, 15) is 4.57 Å². The third-order valence-corrected chi connectivity index (χ3v) is 5.17.